The third-order valence-electron chi connectivity index (χ3n) is 4.18. The molecule has 0 spiro atoms. The van der Waals surface area contributed by atoms with Crippen molar-refractivity contribution < 1.29 is 18.0 Å². The van der Waals surface area contributed by atoms with Crippen molar-refractivity contribution in [1.82, 2.24) is 4.90 Å². The molecule has 0 aromatic heterocycles. The molecule has 25 heavy (non-hydrogen) atoms. The highest BCUT2D eigenvalue weighted by Gasteiger charge is 2.21. The lowest BCUT2D eigenvalue weighted by Crippen LogP contribution is -2.50. The van der Waals surface area contributed by atoms with Gasteiger partial charge in [0.2, 0.25) is 5.91 Å². The number of benzene rings is 2. The summed E-state index contributed by atoms with van der Waals surface area (Å²) < 4.78 is 39.6. The van der Waals surface area contributed by atoms with Crippen molar-refractivity contribution in [2.24, 2.45) is 0 Å². The number of piperazine rings is 1. The number of nitrogens with zero attached hydrogens (tertiary/aromatic N) is 2. The topological polar surface area (TPSA) is 35.6 Å². The van der Waals surface area contributed by atoms with Gasteiger partial charge in [-0.2, -0.15) is 0 Å². The molecule has 1 saturated heterocycles. The second-order valence-corrected chi connectivity index (χ2v) is 5.82. The van der Waals surface area contributed by atoms with E-state index in [1.165, 1.54) is 12.1 Å². The van der Waals surface area contributed by atoms with Crippen LogP contribution in [0.2, 0.25) is 0 Å². The van der Waals surface area contributed by atoms with Crippen LogP contribution in [0.4, 0.5) is 24.5 Å². The van der Waals surface area contributed by atoms with Gasteiger partial charge in [-0.25, -0.2) is 13.2 Å². The van der Waals surface area contributed by atoms with E-state index in [0.717, 1.165) is 23.9 Å². The fraction of sp³-hybridized carbons (Fsp3) is 0.278. The monoisotopic (exact) mass is 349 g/mol. The summed E-state index contributed by atoms with van der Waals surface area (Å²) in [5.41, 5.74) is 0.881. The van der Waals surface area contributed by atoms with E-state index in [-0.39, 0.29) is 24.0 Å². The summed E-state index contributed by atoms with van der Waals surface area (Å²) in [6.45, 7) is 2.20. The number of carbonyl (C=O) groups is 1. The highest BCUT2D eigenvalue weighted by atomic mass is 19.1. The van der Waals surface area contributed by atoms with Crippen molar-refractivity contribution >= 4 is 17.3 Å². The van der Waals surface area contributed by atoms with Crippen LogP contribution < -0.4 is 10.2 Å². The minimum absolute atomic E-state index is 0.0294. The second kappa shape index (κ2) is 7.46. The molecule has 0 saturated carbocycles. The van der Waals surface area contributed by atoms with Crippen molar-refractivity contribution in [1.29, 1.82) is 0 Å². The van der Waals surface area contributed by atoms with Crippen molar-refractivity contribution in [2.45, 2.75) is 0 Å². The van der Waals surface area contributed by atoms with E-state index >= 15 is 0 Å². The van der Waals surface area contributed by atoms with Crippen LogP contribution in [0.3, 0.4) is 0 Å². The van der Waals surface area contributed by atoms with E-state index < -0.39 is 11.6 Å². The predicted octanol–water partition coefficient (Wildman–Crippen LogP) is 2.86. The van der Waals surface area contributed by atoms with Gasteiger partial charge in [0.25, 0.3) is 0 Å². The second-order valence-electron chi connectivity index (χ2n) is 5.82. The summed E-state index contributed by atoms with van der Waals surface area (Å²) in [6, 6.07) is 9.30. The molecular weight excluding hydrogens is 331 g/mol. The molecule has 0 unspecified atom stereocenters. The van der Waals surface area contributed by atoms with Gasteiger partial charge in [0.1, 0.15) is 17.5 Å². The quantitative estimate of drug-likeness (QED) is 0.922. The van der Waals surface area contributed by atoms with E-state index in [1.807, 2.05) is 0 Å². The van der Waals surface area contributed by atoms with Crippen LogP contribution in [0.15, 0.2) is 42.5 Å². The number of amides is 1. The lowest BCUT2D eigenvalue weighted by molar-refractivity contribution is -0.129. The van der Waals surface area contributed by atoms with Gasteiger partial charge >= 0.3 is 0 Å². The van der Waals surface area contributed by atoms with Crippen molar-refractivity contribution in [3.63, 3.8) is 0 Å². The lowest BCUT2D eigenvalue weighted by atomic mass is 10.2. The number of hydrogen-bond donors (Lipinski definition) is 1. The van der Waals surface area contributed by atoms with Gasteiger partial charge in [0.15, 0.2) is 0 Å². The molecule has 2 aromatic carbocycles. The number of hydrogen-bond acceptors (Lipinski definition) is 3. The minimum Gasteiger partial charge on any atom is -0.374 e. The average Bonchev–Trinajstić information content (AvgIpc) is 2.63. The molecule has 4 nitrogen and oxygen atoms in total. The molecule has 0 atom stereocenters. The van der Waals surface area contributed by atoms with Crippen molar-refractivity contribution in [3.05, 3.63) is 59.9 Å². The zero-order valence-electron chi connectivity index (χ0n) is 13.5. The molecule has 2 aromatic rings. The number of carbonyl (C=O) groups excluding carboxylic acids is 1. The van der Waals surface area contributed by atoms with E-state index in [1.54, 1.807) is 17.0 Å². The van der Waals surface area contributed by atoms with Gasteiger partial charge in [-0.3, -0.25) is 4.79 Å². The minimum atomic E-state index is -0.602. The first-order chi connectivity index (χ1) is 12.0. The smallest absolute Gasteiger partial charge is 0.241 e. The molecule has 1 amide bonds. The molecular formula is C18H18F3N3O. The van der Waals surface area contributed by atoms with Gasteiger partial charge < -0.3 is 15.1 Å². The first-order valence-corrected chi connectivity index (χ1v) is 8.00. The highest BCUT2D eigenvalue weighted by molar-refractivity contribution is 5.81. The van der Waals surface area contributed by atoms with Crippen LogP contribution in [-0.2, 0) is 4.79 Å². The first-order valence-electron chi connectivity index (χ1n) is 8.00. The molecule has 1 fully saturated rings. The maximum atomic E-state index is 13.5. The Morgan fingerprint density at radius 2 is 1.56 bits per heavy atom. The van der Waals surface area contributed by atoms with Crippen molar-refractivity contribution in [3.8, 4) is 0 Å². The molecule has 1 N–H and O–H groups in total. The van der Waals surface area contributed by atoms with Crippen LogP contribution in [0, 0.1) is 17.5 Å². The van der Waals surface area contributed by atoms with E-state index in [0.29, 0.717) is 26.2 Å². The largest absolute Gasteiger partial charge is 0.374 e. The standard InChI is InChI=1S/C18H18F3N3O/c19-13-1-4-15(5-2-13)23-7-9-24(10-8-23)18(25)12-22-17-11-14(20)3-6-16(17)21/h1-6,11,22H,7-10,12H2. The van der Waals surface area contributed by atoms with E-state index in [9.17, 15) is 18.0 Å². The SMILES string of the molecule is O=C(CNc1cc(F)ccc1F)N1CCN(c2ccc(F)cc2)CC1. The fourth-order valence-corrected chi connectivity index (χ4v) is 2.78. The Morgan fingerprint density at radius 1 is 0.920 bits per heavy atom. The maximum absolute atomic E-state index is 13.5. The zero-order valence-corrected chi connectivity index (χ0v) is 13.5. The number of nitrogens with one attached hydrogen (secondary N) is 1. The number of anilines is 2. The Hall–Kier alpha value is -2.70. The Balaban J connectivity index is 1.51. The maximum Gasteiger partial charge on any atom is 0.241 e. The Labute approximate surface area is 143 Å². The lowest BCUT2D eigenvalue weighted by Gasteiger charge is -2.36. The summed E-state index contributed by atoms with van der Waals surface area (Å²) in [6.07, 6.45) is 0. The number of rotatable bonds is 4. The molecule has 132 valence electrons. The predicted molar refractivity (Wildman–Crippen MR) is 90.0 cm³/mol. The molecule has 1 aliphatic rings. The van der Waals surface area contributed by atoms with Gasteiger partial charge in [-0.05, 0) is 42.5 Å². The fourth-order valence-electron chi connectivity index (χ4n) is 2.78. The third-order valence-corrected chi connectivity index (χ3v) is 4.18. The van der Waals surface area contributed by atoms with Crippen LogP contribution in [-0.4, -0.2) is 43.5 Å². The average molecular weight is 349 g/mol. The molecule has 1 aliphatic heterocycles. The van der Waals surface area contributed by atoms with Crippen LogP contribution in [0.1, 0.15) is 0 Å². The van der Waals surface area contributed by atoms with Crippen LogP contribution >= 0.6 is 0 Å². The van der Waals surface area contributed by atoms with Gasteiger partial charge in [-0.1, -0.05) is 0 Å². The third kappa shape index (κ3) is 4.23. The molecule has 0 bridgehead atoms. The normalized spacial score (nSPS) is 14.5. The Morgan fingerprint density at radius 3 is 2.24 bits per heavy atom. The first kappa shape index (κ1) is 17.1. The highest BCUT2D eigenvalue weighted by Crippen LogP contribution is 2.18. The molecule has 0 radical (unpaired) electrons. The molecule has 1 heterocycles. The summed E-state index contributed by atoms with van der Waals surface area (Å²) in [7, 11) is 0. The molecule has 7 heteroatoms. The van der Waals surface area contributed by atoms with Gasteiger partial charge in [-0.15, -0.1) is 0 Å². The number of halogens is 3. The Bertz CT molecular complexity index is 744. The molecule has 0 aliphatic carbocycles. The summed E-state index contributed by atoms with van der Waals surface area (Å²) in [5.74, 6) is -1.63. The summed E-state index contributed by atoms with van der Waals surface area (Å²) in [5, 5.41) is 2.64. The van der Waals surface area contributed by atoms with E-state index in [2.05, 4.69) is 10.2 Å². The summed E-state index contributed by atoms with van der Waals surface area (Å²) in [4.78, 5) is 16.0. The van der Waals surface area contributed by atoms with Gasteiger partial charge in [0.05, 0.1) is 12.2 Å². The Kier molecular flexibility index (Phi) is 5.11. The van der Waals surface area contributed by atoms with Crippen molar-refractivity contribution in [2.75, 3.05) is 42.9 Å². The molecule has 3 rings (SSSR count). The van der Waals surface area contributed by atoms with Crippen LogP contribution in [0.25, 0.3) is 0 Å². The van der Waals surface area contributed by atoms with E-state index in [4.69, 9.17) is 0 Å². The van der Waals surface area contributed by atoms with Gasteiger partial charge in [0, 0.05) is 31.9 Å². The zero-order chi connectivity index (χ0) is 17.8. The summed E-state index contributed by atoms with van der Waals surface area (Å²) >= 11 is 0. The van der Waals surface area contributed by atoms with Crippen LogP contribution in [0.5, 0.6) is 0 Å².